The average molecular weight is 193 g/mol. The Labute approximate surface area is 83.4 Å². The minimum Gasteiger partial charge on any atom is -0.411 e. The highest BCUT2D eigenvalue weighted by Gasteiger charge is 2.03. The summed E-state index contributed by atoms with van der Waals surface area (Å²) in [5.41, 5.74) is 1.56. The van der Waals surface area contributed by atoms with Gasteiger partial charge in [-0.25, -0.2) is 0 Å². The SMILES string of the molecule is C1=C(CCNc2nnco2)CCCC1. The van der Waals surface area contributed by atoms with Crippen LogP contribution in [0.25, 0.3) is 0 Å². The summed E-state index contributed by atoms with van der Waals surface area (Å²) >= 11 is 0. The summed E-state index contributed by atoms with van der Waals surface area (Å²) < 4.78 is 4.97. The van der Waals surface area contributed by atoms with Crippen LogP contribution in [0.2, 0.25) is 0 Å². The Balaban J connectivity index is 1.70. The van der Waals surface area contributed by atoms with E-state index >= 15 is 0 Å². The molecule has 1 aliphatic carbocycles. The number of hydrogen-bond donors (Lipinski definition) is 1. The summed E-state index contributed by atoms with van der Waals surface area (Å²) in [7, 11) is 0. The van der Waals surface area contributed by atoms with Crippen LogP contribution >= 0.6 is 0 Å². The lowest BCUT2D eigenvalue weighted by Crippen LogP contribution is -2.04. The van der Waals surface area contributed by atoms with Crippen molar-refractivity contribution >= 4 is 6.01 Å². The van der Waals surface area contributed by atoms with E-state index in [2.05, 4.69) is 21.6 Å². The molecule has 0 radical (unpaired) electrons. The van der Waals surface area contributed by atoms with Gasteiger partial charge in [-0.15, -0.1) is 5.10 Å². The topological polar surface area (TPSA) is 51.0 Å². The predicted octanol–water partition coefficient (Wildman–Crippen LogP) is 2.37. The van der Waals surface area contributed by atoms with Crippen LogP contribution in [0, 0.1) is 0 Å². The summed E-state index contributed by atoms with van der Waals surface area (Å²) in [6.07, 6.45) is 9.97. The maximum atomic E-state index is 4.97. The van der Waals surface area contributed by atoms with Crippen molar-refractivity contribution in [2.24, 2.45) is 0 Å². The number of anilines is 1. The van der Waals surface area contributed by atoms with E-state index in [1.54, 1.807) is 5.57 Å². The van der Waals surface area contributed by atoms with Gasteiger partial charge < -0.3 is 9.73 Å². The molecule has 0 fully saturated rings. The first kappa shape index (κ1) is 9.24. The molecule has 1 N–H and O–H groups in total. The largest absolute Gasteiger partial charge is 0.411 e. The van der Waals surface area contributed by atoms with Crippen LogP contribution in [0.15, 0.2) is 22.5 Å². The summed E-state index contributed by atoms with van der Waals surface area (Å²) in [4.78, 5) is 0. The number of rotatable bonds is 4. The number of nitrogens with one attached hydrogen (secondary N) is 1. The first-order valence-electron chi connectivity index (χ1n) is 5.13. The molecule has 1 aliphatic rings. The standard InChI is InChI=1S/C10H15N3O/c1-2-4-9(5-3-1)6-7-11-10-13-12-8-14-10/h4,8H,1-3,5-7H2,(H,11,13). The second kappa shape index (κ2) is 4.79. The first-order chi connectivity index (χ1) is 6.95. The van der Waals surface area contributed by atoms with Crippen LogP contribution in [0.5, 0.6) is 0 Å². The van der Waals surface area contributed by atoms with Gasteiger partial charge in [-0.1, -0.05) is 16.7 Å². The highest BCUT2D eigenvalue weighted by atomic mass is 16.4. The van der Waals surface area contributed by atoms with E-state index in [0.29, 0.717) is 6.01 Å². The van der Waals surface area contributed by atoms with Crippen LogP contribution in [0.3, 0.4) is 0 Å². The minimum absolute atomic E-state index is 0.515. The molecule has 0 unspecified atom stereocenters. The molecule has 14 heavy (non-hydrogen) atoms. The van der Waals surface area contributed by atoms with E-state index in [9.17, 15) is 0 Å². The monoisotopic (exact) mass is 193 g/mol. The van der Waals surface area contributed by atoms with Gasteiger partial charge in [-0.05, 0) is 32.1 Å². The molecule has 4 heteroatoms. The lowest BCUT2D eigenvalue weighted by Gasteiger charge is -2.11. The van der Waals surface area contributed by atoms with E-state index in [0.717, 1.165) is 13.0 Å². The molecule has 1 heterocycles. The third kappa shape index (κ3) is 2.58. The molecule has 0 atom stereocenters. The minimum atomic E-state index is 0.515. The molecule has 0 saturated carbocycles. The van der Waals surface area contributed by atoms with Crippen LogP contribution in [-0.2, 0) is 0 Å². The van der Waals surface area contributed by atoms with Crippen LogP contribution in [0.1, 0.15) is 32.1 Å². The summed E-state index contributed by atoms with van der Waals surface area (Å²) in [6.45, 7) is 0.883. The molecule has 0 aliphatic heterocycles. The predicted molar refractivity (Wildman–Crippen MR) is 54.0 cm³/mol. The number of aromatic nitrogens is 2. The highest BCUT2D eigenvalue weighted by Crippen LogP contribution is 2.19. The molecule has 0 amide bonds. The third-order valence-corrected chi connectivity index (χ3v) is 2.47. The van der Waals surface area contributed by atoms with Crippen molar-refractivity contribution in [1.29, 1.82) is 0 Å². The number of nitrogens with zero attached hydrogens (tertiary/aromatic N) is 2. The quantitative estimate of drug-likeness (QED) is 0.746. The average Bonchev–Trinajstić information content (AvgIpc) is 2.72. The summed E-state index contributed by atoms with van der Waals surface area (Å²) in [5.74, 6) is 0. The van der Waals surface area contributed by atoms with Crippen molar-refractivity contribution in [2.75, 3.05) is 11.9 Å². The molecule has 0 saturated heterocycles. The van der Waals surface area contributed by atoms with E-state index in [1.165, 1.54) is 32.1 Å². The maximum Gasteiger partial charge on any atom is 0.315 e. The van der Waals surface area contributed by atoms with Gasteiger partial charge in [-0.3, -0.25) is 0 Å². The van der Waals surface area contributed by atoms with Gasteiger partial charge in [0.1, 0.15) is 0 Å². The lowest BCUT2D eigenvalue weighted by molar-refractivity contribution is 0.564. The fourth-order valence-corrected chi connectivity index (χ4v) is 1.71. The zero-order chi connectivity index (χ0) is 9.64. The molecule has 0 spiro atoms. The Morgan fingerprint density at radius 2 is 2.43 bits per heavy atom. The Morgan fingerprint density at radius 1 is 1.43 bits per heavy atom. The van der Waals surface area contributed by atoms with Crippen LogP contribution in [0.4, 0.5) is 6.01 Å². The second-order valence-corrected chi connectivity index (χ2v) is 3.53. The smallest absolute Gasteiger partial charge is 0.315 e. The number of allylic oxidation sites excluding steroid dienone is 1. The molecule has 1 aromatic rings. The Bertz CT molecular complexity index is 292. The van der Waals surface area contributed by atoms with Crippen molar-refractivity contribution in [1.82, 2.24) is 10.2 Å². The van der Waals surface area contributed by atoms with Crippen molar-refractivity contribution in [3.05, 3.63) is 18.0 Å². The molecule has 2 rings (SSSR count). The van der Waals surface area contributed by atoms with Gasteiger partial charge in [0, 0.05) is 6.54 Å². The molecular formula is C10H15N3O. The van der Waals surface area contributed by atoms with Crippen LogP contribution in [-0.4, -0.2) is 16.7 Å². The molecule has 4 nitrogen and oxygen atoms in total. The third-order valence-electron chi connectivity index (χ3n) is 2.47. The van der Waals surface area contributed by atoms with Gasteiger partial charge in [0.15, 0.2) is 0 Å². The molecular weight excluding hydrogens is 178 g/mol. The van der Waals surface area contributed by atoms with E-state index in [1.807, 2.05) is 0 Å². The highest BCUT2D eigenvalue weighted by molar-refractivity contribution is 5.17. The zero-order valence-corrected chi connectivity index (χ0v) is 8.20. The van der Waals surface area contributed by atoms with E-state index in [-0.39, 0.29) is 0 Å². The van der Waals surface area contributed by atoms with Gasteiger partial charge in [-0.2, -0.15) is 0 Å². The van der Waals surface area contributed by atoms with Gasteiger partial charge in [0.2, 0.25) is 6.39 Å². The molecule has 1 aromatic heterocycles. The molecule has 0 aromatic carbocycles. The fourth-order valence-electron chi connectivity index (χ4n) is 1.71. The Morgan fingerprint density at radius 3 is 3.14 bits per heavy atom. The summed E-state index contributed by atoms with van der Waals surface area (Å²) in [5, 5.41) is 10.4. The molecule has 76 valence electrons. The van der Waals surface area contributed by atoms with Gasteiger partial charge in [0.25, 0.3) is 0 Å². The van der Waals surface area contributed by atoms with Gasteiger partial charge >= 0.3 is 6.01 Å². The zero-order valence-electron chi connectivity index (χ0n) is 8.20. The Hall–Kier alpha value is -1.32. The van der Waals surface area contributed by atoms with Gasteiger partial charge in [0.05, 0.1) is 0 Å². The van der Waals surface area contributed by atoms with Crippen molar-refractivity contribution in [3.63, 3.8) is 0 Å². The van der Waals surface area contributed by atoms with E-state index < -0.39 is 0 Å². The fraction of sp³-hybridized carbons (Fsp3) is 0.600. The maximum absolute atomic E-state index is 4.97. The van der Waals surface area contributed by atoms with E-state index in [4.69, 9.17) is 4.42 Å². The Kier molecular flexibility index (Phi) is 3.16. The summed E-state index contributed by atoms with van der Waals surface area (Å²) in [6, 6.07) is 0.515. The normalized spacial score (nSPS) is 16.4. The van der Waals surface area contributed by atoms with Crippen LogP contribution < -0.4 is 5.32 Å². The number of hydrogen-bond acceptors (Lipinski definition) is 4. The first-order valence-corrected chi connectivity index (χ1v) is 5.13. The lowest BCUT2D eigenvalue weighted by atomic mass is 9.97. The van der Waals surface area contributed by atoms with Crippen molar-refractivity contribution in [2.45, 2.75) is 32.1 Å². The second-order valence-electron chi connectivity index (χ2n) is 3.53. The molecule has 0 bridgehead atoms. The van der Waals surface area contributed by atoms with Crippen molar-refractivity contribution in [3.8, 4) is 0 Å². The van der Waals surface area contributed by atoms with Crippen molar-refractivity contribution < 1.29 is 4.42 Å².